The number of hydrogen-bond donors (Lipinski definition) is 2. The van der Waals surface area contributed by atoms with Crippen LogP contribution < -0.4 is 5.32 Å². The summed E-state index contributed by atoms with van der Waals surface area (Å²) in [6, 6.07) is 7.35. The second kappa shape index (κ2) is 5.71. The first-order chi connectivity index (χ1) is 7.62. The molecule has 2 N–H and O–H groups in total. The number of carboxylic acids is 1. The van der Waals surface area contributed by atoms with Gasteiger partial charge in [-0.1, -0.05) is 23.7 Å². The number of halogens is 2. The van der Waals surface area contributed by atoms with Gasteiger partial charge in [0.1, 0.15) is 5.54 Å². The van der Waals surface area contributed by atoms with Crippen molar-refractivity contribution in [1.82, 2.24) is 5.32 Å². The molecule has 1 fully saturated rings. The van der Waals surface area contributed by atoms with Crippen molar-refractivity contribution in [3.8, 4) is 0 Å². The highest BCUT2D eigenvalue weighted by Crippen LogP contribution is 2.25. The molecule has 0 saturated carbocycles. The molecule has 0 aliphatic carbocycles. The van der Waals surface area contributed by atoms with Crippen LogP contribution in [-0.2, 0) is 11.2 Å². The van der Waals surface area contributed by atoms with Crippen molar-refractivity contribution in [3.63, 3.8) is 0 Å². The Hall–Kier alpha value is -0.770. The van der Waals surface area contributed by atoms with E-state index >= 15 is 0 Å². The van der Waals surface area contributed by atoms with Gasteiger partial charge in [0, 0.05) is 11.4 Å². The van der Waals surface area contributed by atoms with Gasteiger partial charge in [0.25, 0.3) is 0 Å². The largest absolute Gasteiger partial charge is 0.480 e. The van der Waals surface area contributed by atoms with E-state index in [-0.39, 0.29) is 12.4 Å². The summed E-state index contributed by atoms with van der Waals surface area (Å²) in [5.74, 6) is -0.764. The molecule has 17 heavy (non-hydrogen) atoms. The molecule has 1 aromatic rings. The minimum atomic E-state index is -0.784. The summed E-state index contributed by atoms with van der Waals surface area (Å²) < 4.78 is 0. The van der Waals surface area contributed by atoms with Crippen LogP contribution in [-0.4, -0.2) is 23.2 Å². The highest BCUT2D eigenvalue weighted by Gasteiger charge is 2.40. The number of carboxylic acid groups (broad SMARTS) is 1. The predicted octanol–water partition coefficient (Wildman–Crippen LogP) is 2.51. The number of carbonyl (C=O) groups is 1. The van der Waals surface area contributed by atoms with Crippen molar-refractivity contribution >= 4 is 30.0 Å². The van der Waals surface area contributed by atoms with E-state index in [1.807, 2.05) is 12.1 Å². The fraction of sp³-hybridized carbons (Fsp3) is 0.417. The molecule has 1 heterocycles. The number of benzene rings is 1. The number of rotatable bonds is 3. The first kappa shape index (κ1) is 14.3. The zero-order chi connectivity index (χ0) is 11.6. The summed E-state index contributed by atoms with van der Waals surface area (Å²) in [6.07, 6.45) is 2.12. The van der Waals surface area contributed by atoms with Crippen LogP contribution in [0, 0.1) is 0 Å². The van der Waals surface area contributed by atoms with Gasteiger partial charge < -0.3 is 10.4 Å². The monoisotopic (exact) mass is 275 g/mol. The molecule has 1 atom stereocenters. The zero-order valence-electron chi connectivity index (χ0n) is 9.28. The van der Waals surface area contributed by atoms with E-state index in [2.05, 4.69) is 5.32 Å². The maximum absolute atomic E-state index is 11.3. The molecule has 0 unspecified atom stereocenters. The molecule has 3 nitrogen and oxygen atoms in total. The summed E-state index contributed by atoms with van der Waals surface area (Å²) in [6.45, 7) is 0.778. The van der Waals surface area contributed by atoms with E-state index in [1.165, 1.54) is 0 Å². The van der Waals surface area contributed by atoms with Crippen molar-refractivity contribution in [3.05, 3.63) is 34.9 Å². The Morgan fingerprint density at radius 3 is 2.53 bits per heavy atom. The molecule has 1 aliphatic rings. The van der Waals surface area contributed by atoms with Crippen LogP contribution in [0.4, 0.5) is 0 Å². The minimum absolute atomic E-state index is 0. The summed E-state index contributed by atoms with van der Waals surface area (Å²) in [5, 5.41) is 13.1. The Morgan fingerprint density at radius 1 is 1.41 bits per heavy atom. The van der Waals surface area contributed by atoms with Gasteiger partial charge >= 0.3 is 5.97 Å². The average Bonchev–Trinajstić information content (AvgIpc) is 2.71. The van der Waals surface area contributed by atoms with E-state index < -0.39 is 11.5 Å². The molecule has 1 aromatic carbocycles. The molecule has 2 rings (SSSR count). The SMILES string of the molecule is Cl.O=C(O)[C@@]1(Cc2ccc(Cl)cc2)CCCN1. The Kier molecular flexibility index (Phi) is 4.80. The van der Waals surface area contributed by atoms with Gasteiger partial charge in [-0.05, 0) is 37.1 Å². The first-order valence-corrected chi connectivity index (χ1v) is 5.73. The third-order valence-corrected chi connectivity index (χ3v) is 3.32. The lowest BCUT2D eigenvalue weighted by atomic mass is 9.89. The van der Waals surface area contributed by atoms with Crippen molar-refractivity contribution < 1.29 is 9.90 Å². The van der Waals surface area contributed by atoms with E-state index in [0.717, 1.165) is 18.5 Å². The summed E-state index contributed by atoms with van der Waals surface area (Å²) in [5.41, 5.74) is 0.217. The molecule has 0 amide bonds. The third kappa shape index (κ3) is 3.12. The van der Waals surface area contributed by atoms with Gasteiger partial charge in [0.2, 0.25) is 0 Å². The third-order valence-electron chi connectivity index (χ3n) is 3.07. The molecule has 0 spiro atoms. The predicted molar refractivity (Wildman–Crippen MR) is 70.0 cm³/mol. The van der Waals surface area contributed by atoms with E-state index in [0.29, 0.717) is 17.9 Å². The zero-order valence-corrected chi connectivity index (χ0v) is 10.9. The van der Waals surface area contributed by atoms with Crippen molar-refractivity contribution in [2.24, 2.45) is 0 Å². The van der Waals surface area contributed by atoms with Crippen LogP contribution in [0.2, 0.25) is 5.02 Å². The van der Waals surface area contributed by atoms with E-state index in [9.17, 15) is 9.90 Å². The minimum Gasteiger partial charge on any atom is -0.480 e. The van der Waals surface area contributed by atoms with Gasteiger partial charge in [-0.15, -0.1) is 12.4 Å². The van der Waals surface area contributed by atoms with Gasteiger partial charge in [0.05, 0.1) is 0 Å². The Bertz CT molecular complexity index is 386. The summed E-state index contributed by atoms with van der Waals surface area (Å²) in [7, 11) is 0. The van der Waals surface area contributed by atoms with Crippen LogP contribution in [0.1, 0.15) is 18.4 Å². The van der Waals surface area contributed by atoms with Gasteiger partial charge in [0.15, 0.2) is 0 Å². The van der Waals surface area contributed by atoms with Crippen molar-refractivity contribution in [1.29, 1.82) is 0 Å². The molecular formula is C12H15Cl2NO2. The normalized spacial score (nSPS) is 23.1. The van der Waals surface area contributed by atoms with Crippen LogP contribution in [0.5, 0.6) is 0 Å². The Morgan fingerprint density at radius 2 is 2.06 bits per heavy atom. The molecule has 1 aliphatic heterocycles. The first-order valence-electron chi connectivity index (χ1n) is 5.35. The van der Waals surface area contributed by atoms with Gasteiger partial charge in [-0.3, -0.25) is 4.79 Å². The lowest BCUT2D eigenvalue weighted by Gasteiger charge is -2.24. The quantitative estimate of drug-likeness (QED) is 0.891. The second-order valence-corrected chi connectivity index (χ2v) is 4.66. The van der Waals surface area contributed by atoms with Crippen LogP contribution in [0.3, 0.4) is 0 Å². The maximum Gasteiger partial charge on any atom is 0.324 e. The van der Waals surface area contributed by atoms with E-state index in [1.54, 1.807) is 12.1 Å². The van der Waals surface area contributed by atoms with Crippen molar-refractivity contribution in [2.75, 3.05) is 6.54 Å². The van der Waals surface area contributed by atoms with Crippen LogP contribution >= 0.6 is 24.0 Å². The number of hydrogen-bond acceptors (Lipinski definition) is 2. The van der Waals surface area contributed by atoms with Gasteiger partial charge in [-0.2, -0.15) is 0 Å². The van der Waals surface area contributed by atoms with Crippen LogP contribution in [0.25, 0.3) is 0 Å². The lowest BCUT2D eigenvalue weighted by molar-refractivity contribution is -0.144. The van der Waals surface area contributed by atoms with Crippen LogP contribution in [0.15, 0.2) is 24.3 Å². The Balaban J connectivity index is 0.00000144. The summed E-state index contributed by atoms with van der Waals surface area (Å²) in [4.78, 5) is 11.3. The fourth-order valence-electron chi connectivity index (χ4n) is 2.17. The number of nitrogens with one attached hydrogen (secondary N) is 1. The lowest BCUT2D eigenvalue weighted by Crippen LogP contribution is -2.49. The highest BCUT2D eigenvalue weighted by molar-refractivity contribution is 6.30. The smallest absolute Gasteiger partial charge is 0.324 e. The van der Waals surface area contributed by atoms with Crippen molar-refractivity contribution in [2.45, 2.75) is 24.8 Å². The highest BCUT2D eigenvalue weighted by atomic mass is 35.5. The van der Waals surface area contributed by atoms with E-state index in [4.69, 9.17) is 11.6 Å². The fourth-order valence-corrected chi connectivity index (χ4v) is 2.29. The molecule has 0 aromatic heterocycles. The number of aliphatic carboxylic acids is 1. The standard InChI is InChI=1S/C12H14ClNO2.ClH/c13-10-4-2-9(3-5-10)8-12(11(15)16)6-1-7-14-12;/h2-5,14H,1,6-8H2,(H,15,16);1H/t12-;/m0./s1. The van der Waals surface area contributed by atoms with Gasteiger partial charge in [-0.25, -0.2) is 0 Å². The molecule has 0 bridgehead atoms. The Labute approximate surface area is 112 Å². The molecule has 94 valence electrons. The molecule has 1 saturated heterocycles. The second-order valence-electron chi connectivity index (χ2n) is 4.22. The summed E-state index contributed by atoms with van der Waals surface area (Å²) >= 11 is 5.79. The topological polar surface area (TPSA) is 49.3 Å². The molecule has 0 radical (unpaired) electrons. The molecular weight excluding hydrogens is 261 g/mol. The maximum atomic E-state index is 11.3. The average molecular weight is 276 g/mol. The molecule has 5 heteroatoms.